The van der Waals surface area contributed by atoms with E-state index in [9.17, 15) is 0 Å². The van der Waals surface area contributed by atoms with Crippen molar-refractivity contribution in [2.24, 2.45) is 0 Å². The Morgan fingerprint density at radius 1 is 1.32 bits per heavy atom. The largest absolute Gasteiger partial charge is 0.492 e. The fraction of sp³-hybridized carbons (Fsp3) is 0.333. The molecule has 0 saturated carbocycles. The van der Waals surface area contributed by atoms with Crippen molar-refractivity contribution in [2.75, 3.05) is 6.61 Å². The van der Waals surface area contributed by atoms with Crippen molar-refractivity contribution >= 4 is 27.3 Å². The summed E-state index contributed by atoms with van der Waals surface area (Å²) in [6.45, 7) is 5.76. The second-order valence-electron chi connectivity index (χ2n) is 4.67. The molecule has 0 aliphatic heterocycles. The zero-order chi connectivity index (χ0) is 13.7. The van der Waals surface area contributed by atoms with Gasteiger partial charge in [0, 0.05) is 12.6 Å². The second-order valence-corrected chi connectivity index (χ2v) is 6.96. The summed E-state index contributed by atoms with van der Waals surface area (Å²) in [7, 11) is 0. The Balaban J connectivity index is 1.72. The van der Waals surface area contributed by atoms with Gasteiger partial charge in [0.15, 0.2) is 0 Å². The summed E-state index contributed by atoms with van der Waals surface area (Å²) in [6.07, 6.45) is 0. The van der Waals surface area contributed by atoms with Crippen LogP contribution in [0.15, 0.2) is 39.5 Å². The Bertz CT molecular complexity index is 509. The van der Waals surface area contributed by atoms with Crippen LogP contribution < -0.4 is 10.1 Å². The van der Waals surface area contributed by atoms with Crippen LogP contribution in [0.5, 0.6) is 5.75 Å². The van der Waals surface area contributed by atoms with Gasteiger partial charge in [-0.15, -0.1) is 11.3 Å². The Kier molecular flexibility index (Phi) is 5.43. The fourth-order valence-electron chi connectivity index (χ4n) is 1.65. The predicted molar refractivity (Wildman–Crippen MR) is 85.0 cm³/mol. The van der Waals surface area contributed by atoms with Crippen molar-refractivity contribution in [2.45, 2.75) is 26.4 Å². The Hall–Kier alpha value is -0.840. The van der Waals surface area contributed by atoms with Crippen LogP contribution in [0, 0.1) is 6.92 Å². The summed E-state index contributed by atoms with van der Waals surface area (Å²) in [5.41, 5.74) is 2.56. The topological polar surface area (TPSA) is 21.3 Å². The summed E-state index contributed by atoms with van der Waals surface area (Å²) in [6, 6.07) is 10.6. The molecule has 1 aromatic carbocycles. The molecule has 1 heterocycles. The zero-order valence-electron chi connectivity index (χ0n) is 11.2. The molecule has 1 atom stereocenters. The lowest BCUT2D eigenvalue weighted by atomic mass is 10.2. The summed E-state index contributed by atoms with van der Waals surface area (Å²) in [4.78, 5) is 0. The molecule has 102 valence electrons. The van der Waals surface area contributed by atoms with Crippen LogP contribution in [0.4, 0.5) is 0 Å². The summed E-state index contributed by atoms with van der Waals surface area (Å²) in [5, 5.41) is 5.61. The van der Waals surface area contributed by atoms with E-state index in [0.29, 0.717) is 12.6 Å². The van der Waals surface area contributed by atoms with E-state index >= 15 is 0 Å². The second kappa shape index (κ2) is 7.08. The minimum Gasteiger partial charge on any atom is -0.492 e. The summed E-state index contributed by atoms with van der Waals surface area (Å²) < 4.78 is 6.92. The molecule has 1 unspecified atom stereocenters. The first-order valence-corrected chi connectivity index (χ1v) is 7.96. The highest BCUT2D eigenvalue weighted by molar-refractivity contribution is 9.11. The van der Waals surface area contributed by atoms with Crippen LogP contribution in [-0.2, 0) is 6.54 Å². The third kappa shape index (κ3) is 4.97. The molecule has 19 heavy (non-hydrogen) atoms. The van der Waals surface area contributed by atoms with Crippen LogP contribution in [0.3, 0.4) is 0 Å². The standard InChI is InChI=1S/C15H18BrNOS/c1-11-3-5-14(6-4-11)18-9-12(2)17-8-13-7-15(16)19-10-13/h3-7,10,12,17H,8-9H2,1-2H3. The number of ether oxygens (including phenoxy) is 1. The molecule has 1 N–H and O–H groups in total. The lowest BCUT2D eigenvalue weighted by Crippen LogP contribution is -2.31. The van der Waals surface area contributed by atoms with E-state index in [4.69, 9.17) is 4.74 Å². The van der Waals surface area contributed by atoms with Gasteiger partial charge in [-0.1, -0.05) is 17.7 Å². The lowest BCUT2D eigenvalue weighted by molar-refractivity contribution is 0.272. The number of thiophene rings is 1. The van der Waals surface area contributed by atoms with Gasteiger partial charge in [-0.25, -0.2) is 0 Å². The summed E-state index contributed by atoms with van der Waals surface area (Å²) in [5.74, 6) is 0.928. The van der Waals surface area contributed by atoms with Crippen molar-refractivity contribution < 1.29 is 4.74 Å². The number of benzene rings is 1. The van der Waals surface area contributed by atoms with E-state index in [1.807, 2.05) is 12.1 Å². The maximum absolute atomic E-state index is 5.75. The van der Waals surface area contributed by atoms with Gasteiger partial charge in [-0.2, -0.15) is 0 Å². The zero-order valence-corrected chi connectivity index (χ0v) is 13.6. The van der Waals surface area contributed by atoms with Crippen LogP contribution in [-0.4, -0.2) is 12.6 Å². The Labute approximate surface area is 126 Å². The predicted octanol–water partition coefficient (Wildman–Crippen LogP) is 4.38. The Morgan fingerprint density at radius 3 is 2.68 bits per heavy atom. The SMILES string of the molecule is Cc1ccc(OCC(C)NCc2csc(Br)c2)cc1. The normalized spacial score (nSPS) is 12.4. The third-order valence-corrected chi connectivity index (χ3v) is 4.35. The molecule has 0 saturated heterocycles. The first kappa shape index (κ1) is 14.6. The lowest BCUT2D eigenvalue weighted by Gasteiger charge is -2.14. The third-order valence-electron chi connectivity index (χ3n) is 2.80. The van der Waals surface area contributed by atoms with E-state index in [-0.39, 0.29) is 0 Å². The van der Waals surface area contributed by atoms with E-state index < -0.39 is 0 Å². The molecule has 2 rings (SSSR count). The van der Waals surface area contributed by atoms with E-state index in [1.54, 1.807) is 11.3 Å². The van der Waals surface area contributed by atoms with Crippen molar-refractivity contribution in [1.29, 1.82) is 0 Å². The van der Waals surface area contributed by atoms with Gasteiger partial charge in [0.25, 0.3) is 0 Å². The first-order chi connectivity index (χ1) is 9.13. The van der Waals surface area contributed by atoms with Gasteiger partial charge in [0.05, 0.1) is 3.79 Å². The van der Waals surface area contributed by atoms with Gasteiger partial charge in [0.2, 0.25) is 0 Å². The van der Waals surface area contributed by atoms with Crippen LogP contribution in [0.1, 0.15) is 18.1 Å². The van der Waals surface area contributed by atoms with E-state index in [1.165, 1.54) is 14.9 Å². The van der Waals surface area contributed by atoms with Crippen LogP contribution >= 0.6 is 27.3 Å². The molecule has 0 aliphatic carbocycles. The number of hydrogen-bond acceptors (Lipinski definition) is 3. The van der Waals surface area contributed by atoms with Gasteiger partial charge in [-0.3, -0.25) is 0 Å². The maximum atomic E-state index is 5.75. The molecule has 0 aliphatic rings. The first-order valence-electron chi connectivity index (χ1n) is 6.29. The average molecular weight is 340 g/mol. The molecule has 2 nitrogen and oxygen atoms in total. The summed E-state index contributed by atoms with van der Waals surface area (Å²) >= 11 is 5.19. The molecular weight excluding hydrogens is 322 g/mol. The van der Waals surface area contributed by atoms with Crippen molar-refractivity contribution in [3.05, 3.63) is 50.6 Å². The smallest absolute Gasteiger partial charge is 0.119 e. The molecular formula is C15H18BrNOS. The van der Waals surface area contributed by atoms with Crippen LogP contribution in [0.2, 0.25) is 0 Å². The molecule has 0 fully saturated rings. The highest BCUT2D eigenvalue weighted by Gasteiger charge is 2.04. The van der Waals surface area contributed by atoms with Crippen molar-refractivity contribution in [3.63, 3.8) is 0 Å². The highest BCUT2D eigenvalue weighted by Crippen LogP contribution is 2.20. The van der Waals surface area contributed by atoms with Gasteiger partial charge in [0.1, 0.15) is 12.4 Å². The minimum atomic E-state index is 0.319. The van der Waals surface area contributed by atoms with Crippen molar-refractivity contribution in [3.8, 4) is 5.75 Å². The fourth-order valence-corrected chi connectivity index (χ4v) is 2.85. The number of hydrogen-bond donors (Lipinski definition) is 1. The van der Waals surface area contributed by atoms with E-state index in [2.05, 4.69) is 58.7 Å². The molecule has 0 spiro atoms. The molecule has 1 aromatic heterocycles. The van der Waals surface area contributed by atoms with E-state index in [0.717, 1.165) is 12.3 Å². The molecule has 0 radical (unpaired) electrons. The quantitative estimate of drug-likeness (QED) is 0.843. The minimum absolute atomic E-state index is 0.319. The number of rotatable bonds is 6. The molecule has 4 heteroatoms. The number of aryl methyl sites for hydroxylation is 1. The number of nitrogens with one attached hydrogen (secondary N) is 1. The van der Waals surface area contributed by atoms with Gasteiger partial charge < -0.3 is 10.1 Å². The molecule has 2 aromatic rings. The Morgan fingerprint density at radius 2 is 2.05 bits per heavy atom. The van der Waals surface area contributed by atoms with Gasteiger partial charge >= 0.3 is 0 Å². The molecule has 0 amide bonds. The average Bonchev–Trinajstić information content (AvgIpc) is 2.81. The maximum Gasteiger partial charge on any atom is 0.119 e. The molecule has 0 bridgehead atoms. The monoisotopic (exact) mass is 339 g/mol. The van der Waals surface area contributed by atoms with Gasteiger partial charge in [-0.05, 0) is 58.9 Å². The van der Waals surface area contributed by atoms with Crippen molar-refractivity contribution in [1.82, 2.24) is 5.32 Å². The van der Waals surface area contributed by atoms with Crippen LogP contribution in [0.25, 0.3) is 0 Å². The highest BCUT2D eigenvalue weighted by atomic mass is 79.9. The number of halogens is 1.